The molecule has 1 N–H and O–H groups in total. The van der Waals surface area contributed by atoms with E-state index >= 15 is 0 Å². The van der Waals surface area contributed by atoms with Crippen LogP contribution in [-0.2, 0) is 14.8 Å². The number of amides is 1. The number of anilines is 1. The topological polar surface area (TPSA) is 75.7 Å². The van der Waals surface area contributed by atoms with Crippen molar-refractivity contribution in [2.75, 3.05) is 10.6 Å². The number of sulfonamides is 1. The fourth-order valence-electron chi connectivity index (χ4n) is 3.95. The maximum absolute atomic E-state index is 13.3. The molecule has 0 saturated heterocycles. The zero-order valence-electron chi connectivity index (χ0n) is 18.2. The van der Waals surface area contributed by atoms with Crippen LogP contribution in [0.1, 0.15) is 50.8 Å². The third-order valence-corrected chi connectivity index (χ3v) is 6.49. The summed E-state index contributed by atoms with van der Waals surface area (Å²) in [5.41, 5.74) is 1.96. The van der Waals surface area contributed by atoms with Crippen molar-refractivity contribution >= 4 is 21.6 Å². The van der Waals surface area contributed by atoms with Crippen LogP contribution in [0.3, 0.4) is 0 Å². The molecule has 7 heteroatoms. The van der Waals surface area contributed by atoms with Crippen molar-refractivity contribution in [3.05, 3.63) is 59.7 Å². The zero-order valence-corrected chi connectivity index (χ0v) is 19.0. The second-order valence-corrected chi connectivity index (χ2v) is 10.3. The Bertz CT molecular complexity index is 1020. The van der Waals surface area contributed by atoms with Gasteiger partial charge in [0.2, 0.25) is 15.9 Å². The van der Waals surface area contributed by atoms with Crippen LogP contribution in [0.15, 0.2) is 48.5 Å². The molecule has 1 aliphatic heterocycles. The minimum Gasteiger partial charge on any atom is -0.487 e. The third-order valence-electron chi connectivity index (χ3n) is 5.31. The van der Waals surface area contributed by atoms with Crippen molar-refractivity contribution < 1.29 is 17.9 Å². The number of nitrogens with zero attached hydrogens (tertiary/aromatic N) is 1. The van der Waals surface area contributed by atoms with Crippen molar-refractivity contribution in [1.29, 1.82) is 0 Å². The van der Waals surface area contributed by atoms with E-state index in [0.29, 0.717) is 18.5 Å². The first-order valence-corrected chi connectivity index (χ1v) is 12.0. The SMILES string of the molecule is CCC(C(=O)NC1CC(C)(C)Oc2ccccc21)N(c1ccc(C)cc1)S(C)(=O)=O. The number of benzene rings is 2. The van der Waals surface area contributed by atoms with Crippen molar-refractivity contribution in [3.63, 3.8) is 0 Å². The van der Waals surface area contributed by atoms with E-state index in [-0.39, 0.29) is 11.9 Å². The zero-order chi connectivity index (χ0) is 22.1. The Balaban J connectivity index is 1.92. The average molecular weight is 431 g/mol. The number of nitrogens with one attached hydrogen (secondary N) is 1. The molecular formula is C23H30N2O4S. The normalized spacial score (nSPS) is 18.6. The number of fused-ring (bicyclic) bond motifs is 1. The molecule has 0 saturated carbocycles. The predicted octanol–water partition coefficient (Wildman–Crippen LogP) is 3.96. The van der Waals surface area contributed by atoms with Crippen LogP contribution in [0.4, 0.5) is 5.69 Å². The first-order valence-electron chi connectivity index (χ1n) is 10.2. The quantitative estimate of drug-likeness (QED) is 0.753. The fraction of sp³-hybridized carbons (Fsp3) is 0.435. The van der Waals surface area contributed by atoms with E-state index in [4.69, 9.17) is 4.74 Å². The first-order chi connectivity index (χ1) is 14.0. The van der Waals surface area contributed by atoms with E-state index in [1.807, 2.05) is 64.1 Å². The Hall–Kier alpha value is -2.54. The van der Waals surface area contributed by atoms with Crippen LogP contribution < -0.4 is 14.4 Å². The molecule has 30 heavy (non-hydrogen) atoms. The summed E-state index contributed by atoms with van der Waals surface area (Å²) >= 11 is 0. The van der Waals surface area contributed by atoms with Crippen LogP contribution in [-0.4, -0.2) is 32.2 Å². The minimum atomic E-state index is -3.66. The maximum atomic E-state index is 13.3. The van der Waals surface area contributed by atoms with Gasteiger partial charge in [0.15, 0.2) is 0 Å². The molecule has 0 fully saturated rings. The Labute approximate surface area is 179 Å². The van der Waals surface area contributed by atoms with Gasteiger partial charge in [-0.05, 0) is 45.4 Å². The Kier molecular flexibility index (Phi) is 6.13. The highest BCUT2D eigenvalue weighted by Gasteiger charge is 2.37. The van der Waals surface area contributed by atoms with E-state index in [1.54, 1.807) is 12.1 Å². The van der Waals surface area contributed by atoms with Gasteiger partial charge in [-0.1, -0.05) is 42.8 Å². The standard InChI is InChI=1S/C23H30N2O4S/c1-6-20(25(30(5,27)28)17-13-11-16(2)12-14-17)22(26)24-19-15-23(3,4)29-21-10-8-7-9-18(19)21/h7-14,19-20H,6,15H2,1-5H3,(H,24,26). The molecule has 2 aromatic carbocycles. The van der Waals surface area contributed by atoms with Gasteiger partial charge in [0, 0.05) is 12.0 Å². The number of para-hydroxylation sites is 1. The monoisotopic (exact) mass is 430 g/mol. The summed E-state index contributed by atoms with van der Waals surface area (Å²) in [4.78, 5) is 13.3. The second-order valence-electron chi connectivity index (χ2n) is 8.48. The molecular weight excluding hydrogens is 400 g/mol. The molecule has 2 unspecified atom stereocenters. The summed E-state index contributed by atoms with van der Waals surface area (Å²) in [7, 11) is -3.66. The molecule has 1 amide bonds. The van der Waals surface area contributed by atoms with Gasteiger partial charge in [-0.3, -0.25) is 9.10 Å². The molecule has 162 valence electrons. The van der Waals surface area contributed by atoms with Crippen LogP contribution in [0, 0.1) is 6.92 Å². The molecule has 6 nitrogen and oxygen atoms in total. The summed E-state index contributed by atoms with van der Waals surface area (Å²) in [6.07, 6.45) is 2.08. The molecule has 2 aromatic rings. The largest absolute Gasteiger partial charge is 0.487 e. The number of aryl methyl sites for hydroxylation is 1. The lowest BCUT2D eigenvalue weighted by molar-refractivity contribution is -0.123. The van der Waals surface area contributed by atoms with Gasteiger partial charge in [0.05, 0.1) is 18.0 Å². The minimum absolute atomic E-state index is 0.258. The van der Waals surface area contributed by atoms with E-state index in [2.05, 4.69) is 5.32 Å². The lowest BCUT2D eigenvalue weighted by Gasteiger charge is -2.39. The molecule has 0 aliphatic carbocycles. The average Bonchev–Trinajstić information content (AvgIpc) is 2.65. The van der Waals surface area contributed by atoms with Crippen LogP contribution >= 0.6 is 0 Å². The lowest BCUT2D eigenvalue weighted by Crippen LogP contribution is -2.51. The van der Waals surface area contributed by atoms with Gasteiger partial charge in [-0.25, -0.2) is 8.42 Å². The number of carbonyl (C=O) groups excluding carboxylic acids is 1. The number of carbonyl (C=O) groups is 1. The Morgan fingerprint density at radius 2 is 1.83 bits per heavy atom. The van der Waals surface area contributed by atoms with E-state index in [1.165, 1.54) is 4.31 Å². The lowest BCUT2D eigenvalue weighted by atomic mass is 9.89. The van der Waals surface area contributed by atoms with Crippen molar-refractivity contribution in [2.24, 2.45) is 0 Å². The molecule has 3 rings (SSSR count). The highest BCUT2D eigenvalue weighted by Crippen LogP contribution is 2.39. The van der Waals surface area contributed by atoms with E-state index in [9.17, 15) is 13.2 Å². The second kappa shape index (κ2) is 8.30. The van der Waals surface area contributed by atoms with Gasteiger partial charge in [-0.2, -0.15) is 0 Å². The number of hydrogen-bond donors (Lipinski definition) is 1. The highest BCUT2D eigenvalue weighted by atomic mass is 32.2. The smallest absolute Gasteiger partial charge is 0.244 e. The van der Waals surface area contributed by atoms with Gasteiger partial charge in [0.1, 0.15) is 17.4 Å². The van der Waals surface area contributed by atoms with Crippen LogP contribution in [0.2, 0.25) is 0 Å². The molecule has 1 heterocycles. The van der Waals surface area contributed by atoms with Crippen molar-refractivity contribution in [3.8, 4) is 5.75 Å². The maximum Gasteiger partial charge on any atom is 0.244 e. The number of rotatable bonds is 6. The van der Waals surface area contributed by atoms with Gasteiger partial charge >= 0.3 is 0 Å². The van der Waals surface area contributed by atoms with Crippen molar-refractivity contribution in [1.82, 2.24) is 5.32 Å². The molecule has 0 radical (unpaired) electrons. The molecule has 0 spiro atoms. The predicted molar refractivity (Wildman–Crippen MR) is 119 cm³/mol. The summed E-state index contributed by atoms with van der Waals surface area (Å²) in [6, 6.07) is 13.7. The summed E-state index contributed by atoms with van der Waals surface area (Å²) in [5, 5.41) is 3.09. The van der Waals surface area contributed by atoms with Crippen LogP contribution in [0.25, 0.3) is 0 Å². The van der Waals surface area contributed by atoms with Crippen LogP contribution in [0.5, 0.6) is 5.75 Å². The van der Waals surface area contributed by atoms with Gasteiger partial charge in [0.25, 0.3) is 0 Å². The molecule has 0 bridgehead atoms. The Morgan fingerprint density at radius 3 is 2.43 bits per heavy atom. The van der Waals surface area contributed by atoms with Crippen molar-refractivity contribution in [2.45, 2.75) is 58.2 Å². The van der Waals surface area contributed by atoms with E-state index in [0.717, 1.165) is 23.1 Å². The Morgan fingerprint density at radius 1 is 1.20 bits per heavy atom. The molecule has 0 aromatic heterocycles. The first kappa shape index (κ1) is 22.2. The molecule has 2 atom stereocenters. The summed E-state index contributed by atoms with van der Waals surface area (Å²) in [6.45, 7) is 7.71. The number of hydrogen-bond acceptors (Lipinski definition) is 4. The summed E-state index contributed by atoms with van der Waals surface area (Å²) in [5.74, 6) is 0.423. The van der Waals surface area contributed by atoms with E-state index < -0.39 is 21.7 Å². The third kappa shape index (κ3) is 4.78. The number of ether oxygens (including phenoxy) is 1. The van der Waals surface area contributed by atoms with Gasteiger partial charge < -0.3 is 10.1 Å². The fourth-order valence-corrected chi connectivity index (χ4v) is 5.16. The summed E-state index contributed by atoms with van der Waals surface area (Å²) < 4.78 is 32.5. The molecule has 1 aliphatic rings. The highest BCUT2D eigenvalue weighted by molar-refractivity contribution is 7.92. The van der Waals surface area contributed by atoms with Gasteiger partial charge in [-0.15, -0.1) is 0 Å².